The van der Waals surface area contributed by atoms with Crippen molar-refractivity contribution in [3.63, 3.8) is 0 Å². The Kier molecular flexibility index (Phi) is 11.0. The minimum atomic E-state index is -4.01. The number of rotatable bonds is 14. The van der Waals surface area contributed by atoms with Crippen LogP contribution in [0.15, 0.2) is 67.3 Å². The summed E-state index contributed by atoms with van der Waals surface area (Å²) in [6.45, 7) is 13.0. The van der Waals surface area contributed by atoms with Crippen molar-refractivity contribution in [1.29, 1.82) is 0 Å². The first-order valence-electron chi connectivity index (χ1n) is 18.5. The number of benzene rings is 2. The third kappa shape index (κ3) is 8.30. The highest BCUT2D eigenvalue weighted by atomic mass is 35.5. The quantitative estimate of drug-likeness (QED) is 0.181. The molecule has 1 saturated heterocycles. The van der Waals surface area contributed by atoms with E-state index >= 15 is 0 Å². The molecule has 2 heterocycles. The molecule has 15 heteroatoms. The van der Waals surface area contributed by atoms with Crippen LogP contribution in [0.4, 0.5) is 5.69 Å². The summed E-state index contributed by atoms with van der Waals surface area (Å²) >= 11 is 6.51. The summed E-state index contributed by atoms with van der Waals surface area (Å²) in [5, 5.41) is 6.66. The molecule has 3 fully saturated rings. The third-order valence-corrected chi connectivity index (χ3v) is 13.3. The number of amides is 4. The van der Waals surface area contributed by atoms with E-state index in [9.17, 15) is 27.6 Å². The highest BCUT2D eigenvalue weighted by Gasteiger charge is 2.63. The number of fused-ring (bicyclic) bond motifs is 1. The molecule has 0 radical (unpaired) electrons. The van der Waals surface area contributed by atoms with Gasteiger partial charge in [-0.2, -0.15) is 0 Å². The van der Waals surface area contributed by atoms with Crippen LogP contribution in [0.1, 0.15) is 66.7 Å². The van der Waals surface area contributed by atoms with Gasteiger partial charge in [0.2, 0.25) is 33.6 Å². The molecule has 0 spiro atoms. The fraction of sp³-hybridized carbons (Fsp3) is 0.475. The lowest BCUT2D eigenvalue weighted by Crippen LogP contribution is -2.57. The van der Waals surface area contributed by atoms with Crippen LogP contribution in [0.5, 0.6) is 11.6 Å². The summed E-state index contributed by atoms with van der Waals surface area (Å²) in [5.74, 6) is -3.06. The van der Waals surface area contributed by atoms with E-state index in [1.54, 1.807) is 55.5 Å². The Morgan fingerprint density at radius 3 is 2.44 bits per heavy atom. The van der Waals surface area contributed by atoms with Gasteiger partial charge >= 0.3 is 0 Å². The van der Waals surface area contributed by atoms with Gasteiger partial charge in [0.15, 0.2) is 0 Å². The Bertz CT molecular complexity index is 2120. The molecule has 2 aromatic carbocycles. The van der Waals surface area contributed by atoms with Crippen LogP contribution in [-0.2, 0) is 29.2 Å². The number of halogens is 1. The number of hydrogen-bond donors (Lipinski definition) is 3. The molecule has 2 saturated carbocycles. The molecule has 55 heavy (non-hydrogen) atoms. The number of anilines is 1. The topological polar surface area (TPSA) is 173 Å². The van der Waals surface area contributed by atoms with Crippen molar-refractivity contribution in [2.24, 2.45) is 17.3 Å². The predicted molar refractivity (Wildman–Crippen MR) is 209 cm³/mol. The molecule has 6 rings (SSSR count). The number of nitrogens with one attached hydrogen (secondary N) is 3. The van der Waals surface area contributed by atoms with E-state index in [1.165, 1.54) is 11.0 Å². The van der Waals surface area contributed by atoms with E-state index in [4.69, 9.17) is 21.1 Å². The number of likely N-dealkylation sites (tertiary alicyclic amines) is 1. The molecule has 3 N–H and O–H groups in total. The fourth-order valence-corrected chi connectivity index (χ4v) is 8.56. The van der Waals surface area contributed by atoms with Crippen molar-refractivity contribution in [2.75, 3.05) is 18.5 Å². The molecular weight excluding hydrogens is 746 g/mol. The predicted octanol–water partition coefficient (Wildman–Crippen LogP) is 5.39. The van der Waals surface area contributed by atoms with Gasteiger partial charge in [0.05, 0.1) is 34.4 Å². The fourth-order valence-electron chi connectivity index (χ4n) is 7.04. The zero-order valence-corrected chi connectivity index (χ0v) is 33.3. The molecular formula is C40H48ClN5O8S. The van der Waals surface area contributed by atoms with Gasteiger partial charge in [-0.3, -0.25) is 23.9 Å². The first-order chi connectivity index (χ1) is 25.9. The molecule has 5 atom stereocenters. The largest absolute Gasteiger partial charge is 0.488 e. The van der Waals surface area contributed by atoms with Crippen molar-refractivity contribution < 1.29 is 37.1 Å². The monoisotopic (exact) mass is 793 g/mol. The molecule has 1 aromatic heterocycles. The lowest BCUT2D eigenvalue weighted by atomic mass is 9.77. The third-order valence-electron chi connectivity index (χ3n) is 10.8. The maximum atomic E-state index is 14.7. The average molecular weight is 794 g/mol. The van der Waals surface area contributed by atoms with Crippen molar-refractivity contribution in [3.8, 4) is 11.6 Å². The maximum Gasteiger partial charge on any atom is 0.259 e. The second kappa shape index (κ2) is 15.1. The van der Waals surface area contributed by atoms with E-state index in [1.807, 2.05) is 33.8 Å². The highest BCUT2D eigenvalue weighted by molar-refractivity contribution is 7.91. The Hall–Kier alpha value is -4.69. The summed E-state index contributed by atoms with van der Waals surface area (Å²) in [5.41, 5.74) is -1.25. The summed E-state index contributed by atoms with van der Waals surface area (Å²) in [6, 6.07) is 14.6. The molecule has 2 aliphatic carbocycles. The normalized spacial score (nSPS) is 23.3. The SMILES string of the molecule is C=C[C@@H]1C[C@]1(NC(=O)[C@H]1C[C@@H](Oc2cc(OCC)nc3c(Cl)cccc23)CN1C(=O)[C@@H](CC(=O)Nc1ccccc1)C(C)(C)C)C(=O)NS(=O)(=O)C1(C)CC1. The van der Waals surface area contributed by atoms with Gasteiger partial charge in [-0.25, -0.2) is 13.4 Å². The minimum Gasteiger partial charge on any atom is -0.488 e. The van der Waals surface area contributed by atoms with Crippen LogP contribution in [0.25, 0.3) is 10.9 Å². The first-order valence-corrected chi connectivity index (χ1v) is 20.3. The number of carbonyl (C=O) groups excluding carboxylic acids is 4. The number of pyridine rings is 1. The summed E-state index contributed by atoms with van der Waals surface area (Å²) in [6.07, 6.45) is 1.60. The van der Waals surface area contributed by atoms with Gasteiger partial charge in [0.25, 0.3) is 5.91 Å². The van der Waals surface area contributed by atoms with Crippen LogP contribution in [0, 0.1) is 17.3 Å². The smallest absolute Gasteiger partial charge is 0.259 e. The summed E-state index contributed by atoms with van der Waals surface area (Å²) in [7, 11) is -4.01. The average Bonchev–Trinajstić information content (AvgIpc) is 4.01. The van der Waals surface area contributed by atoms with Crippen LogP contribution in [0.3, 0.4) is 0 Å². The van der Waals surface area contributed by atoms with Gasteiger partial charge < -0.3 is 25.0 Å². The van der Waals surface area contributed by atoms with Gasteiger partial charge in [-0.05, 0) is 62.8 Å². The zero-order valence-electron chi connectivity index (χ0n) is 31.7. The summed E-state index contributed by atoms with van der Waals surface area (Å²) < 4.78 is 39.5. The lowest BCUT2D eigenvalue weighted by molar-refractivity contribution is -0.146. The van der Waals surface area contributed by atoms with Crippen molar-refractivity contribution in [1.82, 2.24) is 19.9 Å². The number of aromatic nitrogens is 1. The maximum absolute atomic E-state index is 14.7. The van der Waals surface area contributed by atoms with Crippen molar-refractivity contribution in [2.45, 2.75) is 89.2 Å². The van der Waals surface area contributed by atoms with Crippen molar-refractivity contribution >= 4 is 61.8 Å². The van der Waals surface area contributed by atoms with E-state index in [0.29, 0.717) is 46.8 Å². The zero-order chi connectivity index (χ0) is 39.9. The molecule has 4 amide bonds. The number of para-hydroxylation sites is 2. The van der Waals surface area contributed by atoms with Crippen LogP contribution in [-0.4, -0.2) is 77.5 Å². The van der Waals surface area contributed by atoms with E-state index in [-0.39, 0.29) is 37.6 Å². The van der Waals surface area contributed by atoms with Crippen LogP contribution < -0.4 is 24.8 Å². The highest BCUT2D eigenvalue weighted by Crippen LogP contribution is 2.47. The molecule has 1 aliphatic heterocycles. The number of ether oxygens (including phenoxy) is 2. The van der Waals surface area contributed by atoms with E-state index in [2.05, 4.69) is 26.9 Å². The molecule has 0 unspecified atom stereocenters. The number of carbonyl (C=O) groups is 4. The molecule has 3 aliphatic rings. The van der Waals surface area contributed by atoms with Crippen molar-refractivity contribution in [3.05, 3.63) is 72.3 Å². The Labute approximate surface area is 326 Å². The van der Waals surface area contributed by atoms with Gasteiger partial charge in [-0.15, -0.1) is 6.58 Å². The lowest BCUT2D eigenvalue weighted by Gasteiger charge is -2.35. The minimum absolute atomic E-state index is 0.0197. The Balaban J connectivity index is 1.31. The van der Waals surface area contributed by atoms with Gasteiger partial charge in [0.1, 0.15) is 23.4 Å². The second-order valence-electron chi connectivity index (χ2n) is 15.9. The Morgan fingerprint density at radius 2 is 1.82 bits per heavy atom. The first kappa shape index (κ1) is 40.0. The van der Waals surface area contributed by atoms with E-state index in [0.717, 1.165) is 0 Å². The number of sulfonamides is 1. The second-order valence-corrected chi connectivity index (χ2v) is 18.5. The molecule has 3 aromatic rings. The number of nitrogens with zero attached hydrogens (tertiary/aromatic N) is 2. The summed E-state index contributed by atoms with van der Waals surface area (Å²) in [4.78, 5) is 62.1. The van der Waals surface area contributed by atoms with Crippen LogP contribution >= 0.6 is 11.6 Å². The Morgan fingerprint density at radius 1 is 1.11 bits per heavy atom. The number of hydrogen-bond acceptors (Lipinski definition) is 9. The molecule has 294 valence electrons. The van der Waals surface area contributed by atoms with Crippen LogP contribution in [0.2, 0.25) is 5.02 Å². The van der Waals surface area contributed by atoms with Gasteiger partial charge in [-0.1, -0.05) is 62.7 Å². The standard InChI is InChI=1S/C40H48ClN5O8S/c1-7-24-22-40(24,37(50)45-55(51,52)39(6)17-18-39)44-35(48)30-19-26(54-31-21-33(53-8-2)43-34-27(31)15-12-16-29(34)41)23-46(30)36(49)28(38(3,4)5)20-32(47)42-25-13-10-9-11-14-25/h7,9-16,21,24,26,28,30H,1,8,17-20,22-23H2,2-6H3,(H,42,47)(H,44,48)(H,45,50)/t24-,26-,28-,30-,40-/m1/s1. The molecule has 13 nitrogen and oxygen atoms in total. The van der Waals surface area contributed by atoms with E-state index < -0.39 is 67.4 Å². The van der Waals surface area contributed by atoms with Gasteiger partial charge in [0, 0.05) is 35.9 Å². The molecule has 0 bridgehead atoms.